The maximum absolute atomic E-state index is 11.9. The highest BCUT2D eigenvalue weighted by molar-refractivity contribution is 9.10. The topological polar surface area (TPSA) is 67.4 Å². The van der Waals surface area contributed by atoms with Gasteiger partial charge in [-0.3, -0.25) is 20.4 Å². The van der Waals surface area contributed by atoms with Crippen LogP contribution in [-0.4, -0.2) is 18.4 Å². The Bertz CT molecular complexity index is 905. The van der Waals surface area contributed by atoms with Crippen LogP contribution in [0.3, 0.4) is 0 Å². The Balaban J connectivity index is 1.54. The van der Waals surface area contributed by atoms with Gasteiger partial charge in [0.1, 0.15) is 5.75 Å². The number of carbonyl (C=O) groups is 2. The van der Waals surface area contributed by atoms with Gasteiger partial charge in [-0.1, -0.05) is 52.3 Å². The number of nitrogens with one attached hydrogen (secondary N) is 2. The average molecular weight is 399 g/mol. The number of carbonyl (C=O) groups excluding carboxylic acids is 2. The molecule has 25 heavy (non-hydrogen) atoms. The van der Waals surface area contributed by atoms with E-state index in [9.17, 15) is 9.59 Å². The van der Waals surface area contributed by atoms with Crippen molar-refractivity contribution in [3.8, 4) is 5.75 Å². The number of hydrazine groups is 1. The molecule has 3 aromatic rings. The van der Waals surface area contributed by atoms with Crippen molar-refractivity contribution < 1.29 is 14.3 Å². The molecule has 0 saturated heterocycles. The predicted octanol–water partition coefficient (Wildman–Crippen LogP) is 3.44. The number of ether oxygens (including phenoxy) is 1. The molecule has 0 spiro atoms. The van der Waals surface area contributed by atoms with Crippen LogP contribution in [0.4, 0.5) is 0 Å². The fourth-order valence-electron chi connectivity index (χ4n) is 2.30. The van der Waals surface area contributed by atoms with Crippen LogP contribution in [0.25, 0.3) is 10.8 Å². The highest BCUT2D eigenvalue weighted by Crippen LogP contribution is 2.24. The van der Waals surface area contributed by atoms with Gasteiger partial charge in [0.15, 0.2) is 6.61 Å². The van der Waals surface area contributed by atoms with Gasteiger partial charge in [0.05, 0.1) is 0 Å². The van der Waals surface area contributed by atoms with Gasteiger partial charge in [-0.2, -0.15) is 0 Å². The van der Waals surface area contributed by atoms with E-state index >= 15 is 0 Å². The van der Waals surface area contributed by atoms with Gasteiger partial charge in [-0.25, -0.2) is 0 Å². The summed E-state index contributed by atoms with van der Waals surface area (Å²) < 4.78 is 6.44. The number of amides is 2. The fraction of sp³-hybridized carbons (Fsp3) is 0.0526. The zero-order chi connectivity index (χ0) is 17.6. The van der Waals surface area contributed by atoms with Gasteiger partial charge in [-0.15, -0.1) is 0 Å². The van der Waals surface area contributed by atoms with E-state index < -0.39 is 11.8 Å². The molecule has 2 N–H and O–H groups in total. The first-order valence-electron chi connectivity index (χ1n) is 7.59. The van der Waals surface area contributed by atoms with E-state index in [1.54, 1.807) is 30.3 Å². The summed E-state index contributed by atoms with van der Waals surface area (Å²) in [6, 6.07) is 20.2. The molecule has 0 aromatic heterocycles. The largest absolute Gasteiger partial charge is 0.483 e. The quantitative estimate of drug-likeness (QED) is 0.661. The SMILES string of the molecule is O=C(COc1cccc2ccccc12)NNC(=O)c1ccc(Br)cc1. The van der Waals surface area contributed by atoms with Crippen LogP contribution < -0.4 is 15.6 Å². The third-order valence-electron chi connectivity index (χ3n) is 3.53. The average Bonchev–Trinajstić information content (AvgIpc) is 2.65. The molecular weight excluding hydrogens is 384 g/mol. The Morgan fingerprint density at radius 3 is 2.40 bits per heavy atom. The van der Waals surface area contributed by atoms with Crippen molar-refractivity contribution in [2.45, 2.75) is 0 Å². The summed E-state index contributed by atoms with van der Waals surface area (Å²) in [6.07, 6.45) is 0. The number of hydrogen-bond acceptors (Lipinski definition) is 3. The molecule has 6 heteroatoms. The van der Waals surface area contributed by atoms with Crippen molar-refractivity contribution in [3.05, 3.63) is 76.8 Å². The molecule has 0 heterocycles. The molecule has 0 aliphatic rings. The summed E-state index contributed by atoms with van der Waals surface area (Å²) in [5.41, 5.74) is 5.14. The lowest BCUT2D eigenvalue weighted by Gasteiger charge is -2.10. The van der Waals surface area contributed by atoms with E-state index in [0.29, 0.717) is 11.3 Å². The Morgan fingerprint density at radius 1 is 0.880 bits per heavy atom. The summed E-state index contributed by atoms with van der Waals surface area (Å²) in [4.78, 5) is 23.8. The maximum atomic E-state index is 11.9. The van der Waals surface area contributed by atoms with Crippen molar-refractivity contribution in [1.82, 2.24) is 10.9 Å². The number of rotatable bonds is 4. The lowest BCUT2D eigenvalue weighted by Crippen LogP contribution is -2.43. The smallest absolute Gasteiger partial charge is 0.276 e. The Hall–Kier alpha value is -2.86. The van der Waals surface area contributed by atoms with E-state index in [1.165, 1.54) is 0 Å². The summed E-state index contributed by atoms with van der Waals surface area (Å²) in [7, 11) is 0. The number of benzene rings is 3. The molecule has 3 rings (SSSR count). The van der Waals surface area contributed by atoms with Crippen LogP contribution >= 0.6 is 15.9 Å². The zero-order valence-electron chi connectivity index (χ0n) is 13.2. The van der Waals surface area contributed by atoms with Gasteiger partial charge in [-0.05, 0) is 35.7 Å². The molecule has 0 saturated carbocycles. The van der Waals surface area contributed by atoms with Gasteiger partial charge in [0, 0.05) is 15.4 Å². The summed E-state index contributed by atoms with van der Waals surface area (Å²) in [5, 5.41) is 1.96. The van der Waals surface area contributed by atoms with Crippen molar-refractivity contribution in [2.75, 3.05) is 6.61 Å². The van der Waals surface area contributed by atoms with Crippen LogP contribution in [0, 0.1) is 0 Å². The van der Waals surface area contributed by atoms with Crippen LogP contribution in [0.1, 0.15) is 10.4 Å². The van der Waals surface area contributed by atoms with E-state index in [2.05, 4.69) is 26.8 Å². The standard InChI is InChI=1S/C19H15BrN2O3/c20-15-10-8-14(9-11-15)19(24)22-21-18(23)12-25-17-7-3-5-13-4-1-2-6-16(13)17/h1-11H,12H2,(H,21,23)(H,22,24). The van der Waals surface area contributed by atoms with Crippen molar-refractivity contribution >= 4 is 38.5 Å². The second kappa shape index (κ2) is 7.81. The minimum absolute atomic E-state index is 0.200. The van der Waals surface area contributed by atoms with Crippen LogP contribution in [0.2, 0.25) is 0 Å². The van der Waals surface area contributed by atoms with E-state index in [1.807, 2.05) is 36.4 Å². The van der Waals surface area contributed by atoms with Gasteiger partial charge >= 0.3 is 0 Å². The van der Waals surface area contributed by atoms with Crippen LogP contribution in [0.15, 0.2) is 71.2 Å². The number of hydrogen-bond donors (Lipinski definition) is 2. The minimum Gasteiger partial charge on any atom is -0.483 e. The van der Waals surface area contributed by atoms with Gasteiger partial charge < -0.3 is 4.74 Å². The molecule has 0 atom stereocenters. The number of halogens is 1. The molecule has 0 aliphatic carbocycles. The summed E-state index contributed by atoms with van der Waals surface area (Å²) >= 11 is 3.30. The minimum atomic E-state index is -0.446. The number of fused-ring (bicyclic) bond motifs is 1. The first-order chi connectivity index (χ1) is 12.1. The molecular formula is C19H15BrN2O3. The molecule has 2 amide bonds. The van der Waals surface area contributed by atoms with E-state index in [-0.39, 0.29) is 6.61 Å². The van der Waals surface area contributed by atoms with E-state index in [0.717, 1.165) is 15.2 Å². The Kier molecular flexibility index (Phi) is 5.30. The lowest BCUT2D eigenvalue weighted by atomic mass is 10.1. The molecule has 0 fully saturated rings. The van der Waals surface area contributed by atoms with Crippen LogP contribution in [-0.2, 0) is 4.79 Å². The second-order valence-corrected chi connectivity index (χ2v) is 6.19. The van der Waals surface area contributed by atoms with E-state index in [4.69, 9.17) is 4.74 Å². The highest BCUT2D eigenvalue weighted by atomic mass is 79.9. The Labute approximate surface area is 153 Å². The molecule has 5 nitrogen and oxygen atoms in total. The first kappa shape index (κ1) is 17.0. The molecule has 0 bridgehead atoms. The predicted molar refractivity (Wildman–Crippen MR) is 99.2 cm³/mol. The van der Waals surface area contributed by atoms with Crippen molar-refractivity contribution in [2.24, 2.45) is 0 Å². The summed E-state index contributed by atoms with van der Waals surface area (Å²) in [6.45, 7) is -0.200. The van der Waals surface area contributed by atoms with Gasteiger partial charge in [0.25, 0.3) is 11.8 Å². The van der Waals surface area contributed by atoms with Gasteiger partial charge in [0.2, 0.25) is 0 Å². The molecule has 0 radical (unpaired) electrons. The second-order valence-electron chi connectivity index (χ2n) is 5.28. The fourth-order valence-corrected chi connectivity index (χ4v) is 2.57. The zero-order valence-corrected chi connectivity index (χ0v) is 14.7. The molecule has 126 valence electrons. The molecule has 0 unspecified atom stereocenters. The monoisotopic (exact) mass is 398 g/mol. The first-order valence-corrected chi connectivity index (χ1v) is 8.38. The Morgan fingerprint density at radius 2 is 1.60 bits per heavy atom. The third kappa shape index (κ3) is 4.36. The lowest BCUT2D eigenvalue weighted by molar-refractivity contribution is -0.123. The maximum Gasteiger partial charge on any atom is 0.276 e. The summed E-state index contributed by atoms with van der Waals surface area (Å²) in [5.74, 6) is -0.225. The molecule has 0 aliphatic heterocycles. The van der Waals surface area contributed by atoms with Crippen LogP contribution in [0.5, 0.6) is 5.75 Å². The third-order valence-corrected chi connectivity index (χ3v) is 4.06. The van der Waals surface area contributed by atoms with Crippen molar-refractivity contribution in [3.63, 3.8) is 0 Å². The highest BCUT2D eigenvalue weighted by Gasteiger charge is 2.09. The normalized spacial score (nSPS) is 10.3. The molecule has 3 aromatic carbocycles. The van der Waals surface area contributed by atoms with Crippen molar-refractivity contribution in [1.29, 1.82) is 0 Å².